The number of rotatable bonds is 4. The molecule has 3 nitrogen and oxygen atoms in total. The van der Waals surface area contributed by atoms with Crippen LogP contribution in [0.5, 0.6) is 0 Å². The highest BCUT2D eigenvalue weighted by atomic mass is 35.5. The summed E-state index contributed by atoms with van der Waals surface area (Å²) in [7, 11) is 0. The molecule has 0 aliphatic carbocycles. The first kappa shape index (κ1) is 14.3. The van der Waals surface area contributed by atoms with Crippen molar-refractivity contribution in [1.29, 1.82) is 0 Å². The van der Waals surface area contributed by atoms with Gasteiger partial charge in [0.2, 0.25) is 0 Å². The van der Waals surface area contributed by atoms with E-state index in [0.29, 0.717) is 6.61 Å². The van der Waals surface area contributed by atoms with E-state index in [-0.39, 0.29) is 6.10 Å². The third kappa shape index (κ3) is 3.00. The van der Waals surface area contributed by atoms with E-state index in [1.807, 2.05) is 26.0 Å². The third-order valence-electron chi connectivity index (χ3n) is 3.33. The van der Waals surface area contributed by atoms with Gasteiger partial charge in [-0.3, -0.25) is 0 Å². The molecule has 2 aromatic rings. The van der Waals surface area contributed by atoms with Gasteiger partial charge in [0, 0.05) is 28.1 Å². The van der Waals surface area contributed by atoms with E-state index in [1.165, 1.54) is 9.58 Å². The van der Waals surface area contributed by atoms with Crippen molar-refractivity contribution < 1.29 is 9.47 Å². The smallest absolute Gasteiger partial charge is 0.163 e. The lowest BCUT2D eigenvalue weighted by Gasteiger charge is -2.17. The van der Waals surface area contributed by atoms with E-state index in [0.717, 1.165) is 23.5 Å². The molecule has 1 unspecified atom stereocenters. The highest BCUT2D eigenvalue weighted by molar-refractivity contribution is 7.19. The first-order chi connectivity index (χ1) is 9.55. The second-order valence-electron chi connectivity index (χ2n) is 5.42. The molecule has 1 N–H and O–H groups in total. The number of fused-ring (bicyclic) bond motifs is 1. The molecule has 0 saturated carbocycles. The lowest BCUT2D eigenvalue weighted by Crippen LogP contribution is -2.30. The Morgan fingerprint density at radius 1 is 1.40 bits per heavy atom. The number of hydrogen-bond acceptors (Lipinski definition) is 4. The molecule has 0 amide bonds. The van der Waals surface area contributed by atoms with Crippen LogP contribution in [0.25, 0.3) is 10.1 Å². The van der Waals surface area contributed by atoms with Crippen LogP contribution in [0.4, 0.5) is 0 Å². The van der Waals surface area contributed by atoms with Gasteiger partial charge in [-0.1, -0.05) is 29.8 Å². The van der Waals surface area contributed by atoms with Crippen LogP contribution in [0.2, 0.25) is 5.02 Å². The Hall–Kier alpha value is -0.650. The van der Waals surface area contributed by atoms with E-state index < -0.39 is 5.79 Å². The molecule has 1 aliphatic rings. The SMILES string of the molecule is CC1(C)OCC(CNCc2sc3ccccc3c2Cl)O1. The standard InChI is InChI=1S/C15H18ClNO2S/c1-15(2)18-9-10(19-15)7-17-8-13-14(16)11-5-3-4-6-12(11)20-13/h3-6,10,17H,7-9H2,1-2H3. The molecule has 0 spiro atoms. The second kappa shape index (κ2) is 5.62. The van der Waals surface area contributed by atoms with Gasteiger partial charge in [-0.05, 0) is 19.9 Å². The van der Waals surface area contributed by atoms with E-state index in [9.17, 15) is 0 Å². The summed E-state index contributed by atoms with van der Waals surface area (Å²) in [5.74, 6) is -0.457. The van der Waals surface area contributed by atoms with Gasteiger partial charge in [0.05, 0.1) is 17.7 Å². The predicted octanol–water partition coefficient (Wildman–Crippen LogP) is 3.80. The zero-order chi connectivity index (χ0) is 14.2. The van der Waals surface area contributed by atoms with Crippen LogP contribution in [0.3, 0.4) is 0 Å². The number of halogens is 1. The lowest BCUT2D eigenvalue weighted by atomic mass is 10.2. The minimum absolute atomic E-state index is 0.109. The van der Waals surface area contributed by atoms with Crippen molar-refractivity contribution in [2.45, 2.75) is 32.3 Å². The van der Waals surface area contributed by atoms with Crippen molar-refractivity contribution in [2.75, 3.05) is 13.2 Å². The van der Waals surface area contributed by atoms with Crippen molar-refractivity contribution in [3.05, 3.63) is 34.2 Å². The normalized spacial score (nSPS) is 21.6. The van der Waals surface area contributed by atoms with Crippen LogP contribution < -0.4 is 5.32 Å². The molecule has 1 aromatic carbocycles. The van der Waals surface area contributed by atoms with Crippen LogP contribution in [-0.4, -0.2) is 25.0 Å². The lowest BCUT2D eigenvalue weighted by molar-refractivity contribution is -0.137. The largest absolute Gasteiger partial charge is 0.348 e. The van der Waals surface area contributed by atoms with Gasteiger partial charge >= 0.3 is 0 Å². The van der Waals surface area contributed by atoms with Crippen LogP contribution in [-0.2, 0) is 16.0 Å². The quantitative estimate of drug-likeness (QED) is 0.931. The molecular weight excluding hydrogens is 294 g/mol. The number of benzene rings is 1. The number of hydrogen-bond donors (Lipinski definition) is 1. The molecule has 0 bridgehead atoms. The Kier molecular flexibility index (Phi) is 4.02. The Morgan fingerprint density at radius 2 is 2.20 bits per heavy atom. The topological polar surface area (TPSA) is 30.5 Å². The van der Waals surface area contributed by atoms with Crippen molar-refractivity contribution >= 4 is 33.0 Å². The predicted molar refractivity (Wildman–Crippen MR) is 83.4 cm³/mol. The summed E-state index contributed by atoms with van der Waals surface area (Å²) in [6.45, 7) is 6.05. The van der Waals surface area contributed by atoms with Gasteiger partial charge in [-0.25, -0.2) is 0 Å². The summed E-state index contributed by atoms with van der Waals surface area (Å²) in [5.41, 5.74) is 0. The zero-order valence-corrected chi connectivity index (χ0v) is 13.2. The first-order valence-corrected chi connectivity index (χ1v) is 7.93. The number of thiophene rings is 1. The number of ether oxygens (including phenoxy) is 2. The molecule has 1 aliphatic heterocycles. The fraction of sp³-hybridized carbons (Fsp3) is 0.467. The second-order valence-corrected chi connectivity index (χ2v) is 6.93. The summed E-state index contributed by atoms with van der Waals surface area (Å²) in [5, 5.41) is 5.40. The summed E-state index contributed by atoms with van der Waals surface area (Å²) in [4.78, 5) is 1.17. The molecule has 108 valence electrons. The highest BCUT2D eigenvalue weighted by Gasteiger charge is 2.32. The van der Waals surface area contributed by atoms with Gasteiger partial charge in [0.1, 0.15) is 0 Å². The highest BCUT2D eigenvalue weighted by Crippen LogP contribution is 2.35. The van der Waals surface area contributed by atoms with E-state index >= 15 is 0 Å². The molecule has 3 rings (SSSR count). The molecule has 1 saturated heterocycles. The van der Waals surface area contributed by atoms with Gasteiger partial charge in [-0.15, -0.1) is 11.3 Å². The van der Waals surface area contributed by atoms with E-state index in [4.69, 9.17) is 21.1 Å². The van der Waals surface area contributed by atoms with Crippen molar-refractivity contribution in [3.63, 3.8) is 0 Å². The van der Waals surface area contributed by atoms with Crippen LogP contribution in [0.1, 0.15) is 18.7 Å². The van der Waals surface area contributed by atoms with Crippen LogP contribution in [0.15, 0.2) is 24.3 Å². The molecule has 5 heteroatoms. The summed E-state index contributed by atoms with van der Waals surface area (Å²) >= 11 is 8.15. The van der Waals surface area contributed by atoms with E-state index in [1.54, 1.807) is 11.3 Å². The van der Waals surface area contributed by atoms with Gasteiger partial charge in [0.25, 0.3) is 0 Å². The molecule has 1 fully saturated rings. The van der Waals surface area contributed by atoms with Gasteiger partial charge in [-0.2, -0.15) is 0 Å². The zero-order valence-electron chi connectivity index (χ0n) is 11.6. The van der Waals surface area contributed by atoms with Crippen molar-refractivity contribution in [3.8, 4) is 0 Å². The molecule has 1 atom stereocenters. The maximum Gasteiger partial charge on any atom is 0.163 e. The average Bonchev–Trinajstić information content (AvgIpc) is 2.91. The summed E-state index contributed by atoms with van der Waals surface area (Å²) < 4.78 is 12.5. The summed E-state index contributed by atoms with van der Waals surface area (Å²) in [6.07, 6.45) is 0.109. The first-order valence-electron chi connectivity index (χ1n) is 6.73. The maximum absolute atomic E-state index is 6.41. The Balaban J connectivity index is 1.59. The Bertz CT molecular complexity index is 611. The number of nitrogens with one attached hydrogen (secondary N) is 1. The minimum Gasteiger partial charge on any atom is -0.348 e. The molecule has 2 heterocycles. The van der Waals surface area contributed by atoms with Crippen LogP contribution >= 0.6 is 22.9 Å². The van der Waals surface area contributed by atoms with Crippen molar-refractivity contribution in [2.24, 2.45) is 0 Å². The molecule has 0 radical (unpaired) electrons. The van der Waals surface area contributed by atoms with Crippen molar-refractivity contribution in [1.82, 2.24) is 5.32 Å². The average molecular weight is 312 g/mol. The summed E-state index contributed by atoms with van der Waals surface area (Å²) in [6, 6.07) is 8.22. The fourth-order valence-electron chi connectivity index (χ4n) is 2.39. The van der Waals surface area contributed by atoms with E-state index in [2.05, 4.69) is 17.4 Å². The Morgan fingerprint density at radius 3 is 2.90 bits per heavy atom. The van der Waals surface area contributed by atoms with Crippen LogP contribution in [0, 0.1) is 0 Å². The Labute approximate surface area is 127 Å². The van der Waals surface area contributed by atoms with Gasteiger partial charge in [0.15, 0.2) is 5.79 Å². The molecule has 1 aromatic heterocycles. The minimum atomic E-state index is -0.457. The van der Waals surface area contributed by atoms with Gasteiger partial charge < -0.3 is 14.8 Å². The fourth-order valence-corrected chi connectivity index (χ4v) is 3.86. The maximum atomic E-state index is 6.41. The third-order valence-corrected chi connectivity index (χ3v) is 5.04. The molecule has 20 heavy (non-hydrogen) atoms. The monoisotopic (exact) mass is 311 g/mol. The molecular formula is C15H18ClNO2S.